The van der Waals surface area contributed by atoms with E-state index in [2.05, 4.69) is 5.16 Å². The molecule has 1 aliphatic carbocycles. The second-order valence-corrected chi connectivity index (χ2v) is 4.50. The summed E-state index contributed by atoms with van der Waals surface area (Å²) in [7, 11) is 0. The number of imidazole rings is 1. The van der Waals surface area contributed by atoms with Crippen LogP contribution in [0, 0.1) is 0 Å². The first-order chi connectivity index (χ1) is 9.19. The topological polar surface area (TPSA) is 108 Å². The molecule has 2 aromatic rings. The molecule has 1 saturated carbocycles. The Morgan fingerprint density at radius 3 is 3.00 bits per heavy atom. The van der Waals surface area contributed by atoms with Crippen LogP contribution in [0.5, 0.6) is 0 Å². The third kappa shape index (κ3) is 2.17. The highest BCUT2D eigenvalue weighted by molar-refractivity contribution is 5.91. The lowest BCUT2D eigenvalue weighted by atomic mass is 10.3. The number of nitrogens with one attached hydrogen (secondary N) is 1. The molecule has 1 aliphatic rings. The van der Waals surface area contributed by atoms with Crippen LogP contribution in [-0.4, -0.2) is 20.2 Å². The second kappa shape index (κ2) is 4.39. The summed E-state index contributed by atoms with van der Waals surface area (Å²) in [5.41, 5.74) is 1.97. The van der Waals surface area contributed by atoms with Gasteiger partial charge < -0.3 is 4.52 Å². The number of carbonyl (C=O) groups is 1. The van der Waals surface area contributed by atoms with Crippen molar-refractivity contribution >= 4 is 5.91 Å². The van der Waals surface area contributed by atoms with Crippen LogP contribution < -0.4 is 17.0 Å². The molecule has 2 aromatic heterocycles. The first-order valence-electron chi connectivity index (χ1n) is 5.93. The summed E-state index contributed by atoms with van der Waals surface area (Å²) in [6.45, 7) is 0.239. The molecule has 8 nitrogen and oxygen atoms in total. The van der Waals surface area contributed by atoms with E-state index in [9.17, 15) is 9.59 Å². The fraction of sp³-hybridized carbons (Fsp3) is 0.364. The number of hydrogen-bond donors (Lipinski definition) is 2. The van der Waals surface area contributed by atoms with Crippen LogP contribution in [0.3, 0.4) is 0 Å². The Balaban J connectivity index is 1.79. The van der Waals surface area contributed by atoms with Gasteiger partial charge >= 0.3 is 5.69 Å². The molecule has 1 fully saturated rings. The van der Waals surface area contributed by atoms with Crippen LogP contribution in [0.15, 0.2) is 27.8 Å². The zero-order valence-electron chi connectivity index (χ0n) is 10.1. The van der Waals surface area contributed by atoms with E-state index >= 15 is 0 Å². The maximum Gasteiger partial charge on any atom is 0.328 e. The van der Waals surface area contributed by atoms with Gasteiger partial charge in [0.1, 0.15) is 0 Å². The van der Waals surface area contributed by atoms with Crippen LogP contribution in [0.4, 0.5) is 0 Å². The third-order valence-electron chi connectivity index (χ3n) is 3.06. The van der Waals surface area contributed by atoms with Crippen LogP contribution in [0.25, 0.3) is 0 Å². The van der Waals surface area contributed by atoms with Gasteiger partial charge in [0.2, 0.25) is 0 Å². The Morgan fingerprint density at radius 2 is 2.32 bits per heavy atom. The average molecular weight is 263 g/mol. The Hall–Kier alpha value is -2.35. The van der Waals surface area contributed by atoms with Gasteiger partial charge in [-0.15, -0.1) is 0 Å². The number of nitrogen functional groups attached to an aromatic ring is 1. The molecule has 0 aliphatic heterocycles. The summed E-state index contributed by atoms with van der Waals surface area (Å²) in [4.78, 5) is 23.2. The van der Waals surface area contributed by atoms with Crippen molar-refractivity contribution in [2.45, 2.75) is 25.4 Å². The summed E-state index contributed by atoms with van der Waals surface area (Å²) in [6, 6.07) is 1.80. The van der Waals surface area contributed by atoms with Crippen LogP contribution in [-0.2, 0) is 6.54 Å². The van der Waals surface area contributed by atoms with Crippen molar-refractivity contribution in [3.8, 4) is 0 Å². The van der Waals surface area contributed by atoms with Crippen molar-refractivity contribution < 1.29 is 9.32 Å². The molecular formula is C11H13N5O3. The molecule has 0 radical (unpaired) electrons. The number of nitrogens with zero attached hydrogens (tertiary/aromatic N) is 3. The Morgan fingerprint density at radius 1 is 1.53 bits per heavy atom. The largest absolute Gasteiger partial charge is 0.359 e. The van der Waals surface area contributed by atoms with E-state index < -0.39 is 5.91 Å². The third-order valence-corrected chi connectivity index (χ3v) is 3.06. The quantitative estimate of drug-likeness (QED) is 0.444. The predicted octanol–water partition coefficient (Wildman–Crippen LogP) is -0.376. The van der Waals surface area contributed by atoms with Crippen LogP contribution >= 0.6 is 0 Å². The van der Waals surface area contributed by atoms with E-state index in [0.717, 1.165) is 12.8 Å². The molecule has 3 rings (SSSR count). The number of aromatic nitrogens is 3. The lowest BCUT2D eigenvalue weighted by Gasteiger charge is -1.97. The smallest absolute Gasteiger partial charge is 0.328 e. The molecule has 8 heteroatoms. The van der Waals surface area contributed by atoms with Crippen molar-refractivity contribution in [2.24, 2.45) is 5.84 Å². The second-order valence-electron chi connectivity index (χ2n) is 4.50. The molecule has 19 heavy (non-hydrogen) atoms. The van der Waals surface area contributed by atoms with Gasteiger partial charge in [-0.05, 0) is 12.8 Å². The van der Waals surface area contributed by atoms with Gasteiger partial charge in [0.15, 0.2) is 11.5 Å². The number of hydrazine groups is 1. The maximum atomic E-state index is 12.0. The highest BCUT2D eigenvalue weighted by atomic mass is 16.5. The molecule has 2 heterocycles. The first kappa shape index (κ1) is 11.7. The standard InChI is InChI=1S/C11H13N5O3/c12-13-10(17)9-5-8(19-14-9)6-15-3-4-16(11(15)18)7-1-2-7/h3-5,7H,1-2,6,12H2,(H,13,17). The molecule has 0 spiro atoms. The predicted molar refractivity (Wildman–Crippen MR) is 64.2 cm³/mol. The van der Waals surface area contributed by atoms with Crippen molar-refractivity contribution in [1.29, 1.82) is 0 Å². The molecule has 3 N–H and O–H groups in total. The molecule has 0 atom stereocenters. The lowest BCUT2D eigenvalue weighted by molar-refractivity contribution is 0.0944. The van der Waals surface area contributed by atoms with E-state index in [-0.39, 0.29) is 17.9 Å². The molecule has 100 valence electrons. The van der Waals surface area contributed by atoms with E-state index in [0.29, 0.717) is 11.8 Å². The van der Waals surface area contributed by atoms with Gasteiger partial charge in [-0.1, -0.05) is 5.16 Å². The van der Waals surface area contributed by atoms with E-state index in [1.807, 2.05) is 5.43 Å². The summed E-state index contributed by atoms with van der Waals surface area (Å²) in [5.74, 6) is 4.89. The normalized spacial score (nSPS) is 14.6. The minimum Gasteiger partial charge on any atom is -0.359 e. The SMILES string of the molecule is NNC(=O)c1cc(Cn2ccn(C3CC3)c2=O)on1. The zero-order valence-corrected chi connectivity index (χ0v) is 10.1. The molecule has 1 amide bonds. The van der Waals surface area contributed by atoms with E-state index in [4.69, 9.17) is 10.4 Å². The molecule has 0 saturated heterocycles. The average Bonchev–Trinajstić information content (AvgIpc) is 3.04. The van der Waals surface area contributed by atoms with Crippen molar-refractivity contribution in [3.05, 3.63) is 40.4 Å². The first-order valence-corrected chi connectivity index (χ1v) is 5.93. The fourth-order valence-corrected chi connectivity index (χ4v) is 1.92. The van der Waals surface area contributed by atoms with E-state index in [1.54, 1.807) is 17.0 Å². The number of amides is 1. The zero-order chi connectivity index (χ0) is 13.4. The van der Waals surface area contributed by atoms with Gasteiger partial charge in [-0.25, -0.2) is 10.6 Å². The molecule has 0 unspecified atom stereocenters. The number of rotatable bonds is 4. The van der Waals surface area contributed by atoms with Crippen molar-refractivity contribution in [3.63, 3.8) is 0 Å². The number of carbonyl (C=O) groups excluding carboxylic acids is 1. The minimum absolute atomic E-state index is 0.0799. The van der Waals surface area contributed by atoms with Crippen LogP contribution in [0.1, 0.15) is 35.1 Å². The fourth-order valence-electron chi connectivity index (χ4n) is 1.92. The molecular weight excluding hydrogens is 250 g/mol. The molecule has 0 bridgehead atoms. The lowest BCUT2D eigenvalue weighted by Crippen LogP contribution is -2.30. The number of nitrogens with two attached hydrogens (primary N) is 1. The van der Waals surface area contributed by atoms with Crippen LogP contribution in [0.2, 0.25) is 0 Å². The highest BCUT2D eigenvalue weighted by Gasteiger charge is 2.25. The Kier molecular flexibility index (Phi) is 2.71. The van der Waals surface area contributed by atoms with Gasteiger partial charge in [0, 0.05) is 24.5 Å². The maximum absolute atomic E-state index is 12.0. The summed E-state index contributed by atoms with van der Waals surface area (Å²) in [5, 5.41) is 3.58. The Bertz CT molecular complexity index is 664. The minimum atomic E-state index is -0.530. The van der Waals surface area contributed by atoms with Gasteiger partial charge in [-0.3, -0.25) is 19.4 Å². The molecule has 0 aromatic carbocycles. The highest BCUT2D eigenvalue weighted by Crippen LogP contribution is 2.33. The monoisotopic (exact) mass is 263 g/mol. The summed E-state index contributed by atoms with van der Waals surface area (Å²) in [6.07, 6.45) is 5.57. The number of hydrogen-bond acceptors (Lipinski definition) is 5. The Labute approximate surface area is 107 Å². The van der Waals surface area contributed by atoms with Gasteiger partial charge in [-0.2, -0.15) is 0 Å². The summed E-state index contributed by atoms with van der Waals surface area (Å²) < 4.78 is 8.23. The summed E-state index contributed by atoms with van der Waals surface area (Å²) >= 11 is 0. The van der Waals surface area contributed by atoms with Crippen molar-refractivity contribution in [2.75, 3.05) is 0 Å². The van der Waals surface area contributed by atoms with Gasteiger partial charge in [0.05, 0.1) is 6.54 Å². The van der Waals surface area contributed by atoms with Crippen molar-refractivity contribution in [1.82, 2.24) is 19.7 Å². The van der Waals surface area contributed by atoms with Gasteiger partial charge in [0.25, 0.3) is 5.91 Å². The van der Waals surface area contributed by atoms with E-state index in [1.165, 1.54) is 10.6 Å².